The Morgan fingerprint density at radius 3 is 2.16 bits per heavy atom. The van der Waals surface area contributed by atoms with E-state index in [1.165, 1.54) is 36.7 Å². The van der Waals surface area contributed by atoms with Gasteiger partial charge in [-0.25, -0.2) is 12.8 Å². The summed E-state index contributed by atoms with van der Waals surface area (Å²) in [5.41, 5.74) is 0. The minimum atomic E-state index is -3.86. The maximum Gasteiger partial charge on any atom is 0.246 e. The molecule has 106 valence electrons. The van der Waals surface area contributed by atoms with Crippen LogP contribution in [0, 0.1) is 5.82 Å². The summed E-state index contributed by atoms with van der Waals surface area (Å²) in [7, 11) is -0.865. The summed E-state index contributed by atoms with van der Waals surface area (Å²) in [6.45, 7) is 0.317. The van der Waals surface area contributed by atoms with Crippen molar-refractivity contribution >= 4 is 10.0 Å². The monoisotopic (exact) mass is 289 g/mol. The second-order valence-electron chi connectivity index (χ2n) is 4.30. The molecule has 0 radical (unpaired) electrons. The van der Waals surface area contributed by atoms with Crippen LogP contribution in [0.25, 0.3) is 0 Å². The number of sulfonamides is 1. The van der Waals surface area contributed by atoms with Crippen LogP contribution in [0.5, 0.6) is 0 Å². The van der Waals surface area contributed by atoms with Gasteiger partial charge in [-0.2, -0.15) is 4.31 Å². The van der Waals surface area contributed by atoms with E-state index in [0.717, 1.165) is 6.07 Å². The van der Waals surface area contributed by atoms with Crippen LogP contribution in [0.1, 0.15) is 0 Å². The maximum absolute atomic E-state index is 13.6. The average Bonchev–Trinajstić information content (AvgIpc) is 2.83. The molecule has 1 aromatic rings. The van der Waals surface area contributed by atoms with Gasteiger partial charge < -0.3 is 9.47 Å². The molecule has 1 heterocycles. The zero-order chi connectivity index (χ0) is 14.0. The van der Waals surface area contributed by atoms with Gasteiger partial charge in [-0.15, -0.1) is 0 Å². The highest BCUT2D eigenvalue weighted by molar-refractivity contribution is 7.89. The number of halogens is 1. The zero-order valence-electron chi connectivity index (χ0n) is 10.7. The van der Waals surface area contributed by atoms with Crippen LogP contribution in [0.4, 0.5) is 4.39 Å². The standard InChI is InChI=1S/C12H16FNO4S/c1-17-10-7-14(8-11(10)18-2)19(15,16)12-6-4-3-5-9(12)13/h3-6,10-11H,7-8H2,1-2H3. The van der Waals surface area contributed by atoms with Crippen LogP contribution < -0.4 is 0 Å². The highest BCUT2D eigenvalue weighted by Crippen LogP contribution is 2.25. The van der Waals surface area contributed by atoms with Gasteiger partial charge in [0.25, 0.3) is 0 Å². The van der Waals surface area contributed by atoms with Crippen LogP contribution in [0.3, 0.4) is 0 Å². The van der Waals surface area contributed by atoms with Gasteiger partial charge in [0.05, 0.1) is 12.2 Å². The van der Waals surface area contributed by atoms with E-state index in [4.69, 9.17) is 9.47 Å². The van der Waals surface area contributed by atoms with Gasteiger partial charge >= 0.3 is 0 Å². The van der Waals surface area contributed by atoms with Crippen LogP contribution in [-0.2, 0) is 19.5 Å². The molecule has 0 aliphatic carbocycles. The first kappa shape index (κ1) is 14.4. The Morgan fingerprint density at radius 1 is 1.16 bits per heavy atom. The molecule has 1 aromatic carbocycles. The number of rotatable bonds is 4. The molecule has 2 unspecified atom stereocenters. The summed E-state index contributed by atoms with van der Waals surface area (Å²) in [5.74, 6) is -0.752. The second kappa shape index (κ2) is 5.54. The third-order valence-electron chi connectivity index (χ3n) is 3.24. The van der Waals surface area contributed by atoms with Gasteiger partial charge in [-0.3, -0.25) is 0 Å². The Labute approximate surface area is 112 Å². The topological polar surface area (TPSA) is 55.8 Å². The molecule has 0 amide bonds. The largest absolute Gasteiger partial charge is 0.377 e. The fourth-order valence-electron chi connectivity index (χ4n) is 2.15. The van der Waals surface area contributed by atoms with Gasteiger partial charge in [-0.05, 0) is 12.1 Å². The normalized spacial score (nSPS) is 24.8. The van der Waals surface area contributed by atoms with E-state index in [9.17, 15) is 12.8 Å². The van der Waals surface area contributed by atoms with Gasteiger partial charge in [0.2, 0.25) is 10.0 Å². The van der Waals surface area contributed by atoms with E-state index >= 15 is 0 Å². The summed E-state index contributed by atoms with van der Waals surface area (Å²) < 4.78 is 49.9. The van der Waals surface area contributed by atoms with Crippen molar-refractivity contribution in [2.45, 2.75) is 17.1 Å². The lowest BCUT2D eigenvalue weighted by Gasteiger charge is -2.16. The van der Waals surface area contributed by atoms with Crippen molar-refractivity contribution in [2.24, 2.45) is 0 Å². The molecule has 19 heavy (non-hydrogen) atoms. The van der Waals surface area contributed by atoms with Crippen LogP contribution in [-0.4, -0.2) is 52.2 Å². The van der Waals surface area contributed by atoms with Gasteiger partial charge in [0.15, 0.2) is 0 Å². The Kier molecular flexibility index (Phi) is 4.19. The first-order valence-electron chi connectivity index (χ1n) is 5.81. The third-order valence-corrected chi connectivity index (χ3v) is 5.11. The first-order chi connectivity index (χ1) is 9.00. The summed E-state index contributed by atoms with van der Waals surface area (Å²) in [5, 5.41) is 0. The fourth-order valence-corrected chi connectivity index (χ4v) is 3.68. The lowest BCUT2D eigenvalue weighted by Crippen LogP contribution is -2.30. The van der Waals surface area contributed by atoms with E-state index in [2.05, 4.69) is 0 Å². The maximum atomic E-state index is 13.6. The zero-order valence-corrected chi connectivity index (χ0v) is 11.6. The molecule has 0 spiro atoms. The molecule has 1 saturated heterocycles. The van der Waals surface area contributed by atoms with Gasteiger partial charge in [-0.1, -0.05) is 12.1 Å². The molecule has 1 aliphatic heterocycles. The second-order valence-corrected chi connectivity index (χ2v) is 6.21. The van der Waals surface area contributed by atoms with Gasteiger partial charge in [0.1, 0.15) is 10.7 Å². The predicted octanol–water partition coefficient (Wildman–Crippen LogP) is 0.860. The van der Waals surface area contributed by atoms with E-state index in [0.29, 0.717) is 0 Å². The Balaban J connectivity index is 2.30. The van der Waals surface area contributed by atoms with Crippen LogP contribution in [0.2, 0.25) is 0 Å². The molecule has 1 aliphatic rings. The van der Waals surface area contributed by atoms with Crippen molar-refractivity contribution in [2.75, 3.05) is 27.3 Å². The van der Waals surface area contributed by atoms with Crippen LogP contribution in [0.15, 0.2) is 29.2 Å². The highest BCUT2D eigenvalue weighted by atomic mass is 32.2. The Morgan fingerprint density at radius 2 is 1.68 bits per heavy atom. The van der Waals surface area contributed by atoms with Crippen molar-refractivity contribution in [3.05, 3.63) is 30.1 Å². The first-order valence-corrected chi connectivity index (χ1v) is 7.25. The molecule has 1 fully saturated rings. The fraction of sp³-hybridized carbons (Fsp3) is 0.500. The lowest BCUT2D eigenvalue weighted by molar-refractivity contribution is -0.00461. The lowest BCUT2D eigenvalue weighted by atomic mass is 10.3. The quantitative estimate of drug-likeness (QED) is 0.825. The molecule has 2 atom stereocenters. The molecule has 7 heteroatoms. The van der Waals surface area contributed by atoms with E-state index < -0.39 is 15.8 Å². The highest BCUT2D eigenvalue weighted by Gasteiger charge is 2.40. The smallest absolute Gasteiger partial charge is 0.246 e. The number of methoxy groups -OCH3 is 2. The minimum absolute atomic E-state index is 0.158. The molecular formula is C12H16FNO4S. The summed E-state index contributed by atoms with van der Waals surface area (Å²) >= 11 is 0. The van der Waals surface area contributed by atoms with Gasteiger partial charge in [0, 0.05) is 27.3 Å². The summed E-state index contributed by atoms with van der Waals surface area (Å²) in [6.07, 6.45) is -0.682. The third kappa shape index (κ3) is 2.64. The SMILES string of the molecule is COC1CN(S(=O)(=O)c2ccccc2F)CC1OC. The van der Waals surface area contributed by atoms with E-state index in [1.54, 1.807) is 0 Å². The van der Waals surface area contributed by atoms with Crippen molar-refractivity contribution < 1.29 is 22.3 Å². The van der Waals surface area contributed by atoms with Crippen molar-refractivity contribution in [3.8, 4) is 0 Å². The van der Waals surface area contributed by atoms with E-state index in [1.807, 2.05) is 0 Å². The average molecular weight is 289 g/mol. The molecule has 0 aromatic heterocycles. The predicted molar refractivity (Wildman–Crippen MR) is 66.8 cm³/mol. The molecular weight excluding hydrogens is 273 g/mol. The van der Waals surface area contributed by atoms with Crippen LogP contribution >= 0.6 is 0 Å². The number of nitrogens with zero attached hydrogens (tertiary/aromatic N) is 1. The van der Waals surface area contributed by atoms with Crippen molar-refractivity contribution in [3.63, 3.8) is 0 Å². The molecule has 2 rings (SSSR count). The van der Waals surface area contributed by atoms with E-state index in [-0.39, 0.29) is 30.2 Å². The molecule has 0 saturated carbocycles. The summed E-state index contributed by atoms with van der Waals surface area (Å²) in [6, 6.07) is 5.33. The number of ether oxygens (including phenoxy) is 2. The number of hydrogen-bond donors (Lipinski definition) is 0. The molecule has 0 N–H and O–H groups in total. The minimum Gasteiger partial charge on any atom is -0.377 e. The number of benzene rings is 1. The summed E-state index contributed by atoms with van der Waals surface area (Å²) in [4.78, 5) is -0.318. The molecule has 5 nitrogen and oxygen atoms in total. The van der Waals surface area contributed by atoms with Crippen molar-refractivity contribution in [1.82, 2.24) is 4.31 Å². The Hall–Kier alpha value is -1.02. The Bertz CT molecular complexity index is 536. The van der Waals surface area contributed by atoms with Crippen molar-refractivity contribution in [1.29, 1.82) is 0 Å². The number of hydrogen-bond acceptors (Lipinski definition) is 4. The molecule has 0 bridgehead atoms.